The smallest absolute Gasteiger partial charge is 0.228 e. The van der Waals surface area contributed by atoms with E-state index in [0.29, 0.717) is 36.7 Å². The van der Waals surface area contributed by atoms with Gasteiger partial charge < -0.3 is 9.80 Å². The maximum absolute atomic E-state index is 14.7. The van der Waals surface area contributed by atoms with Crippen molar-refractivity contribution in [1.29, 1.82) is 0 Å². The second-order valence-corrected chi connectivity index (χ2v) is 9.82. The van der Waals surface area contributed by atoms with Crippen LogP contribution < -0.4 is 4.90 Å². The molecule has 0 aliphatic carbocycles. The number of carbonyl (C=O) groups is 1. The second-order valence-electron chi connectivity index (χ2n) is 9.82. The molecule has 36 heavy (non-hydrogen) atoms. The van der Waals surface area contributed by atoms with Crippen molar-refractivity contribution in [3.8, 4) is 11.3 Å². The lowest BCUT2D eigenvalue weighted by molar-refractivity contribution is -0.120. The number of piperidine rings is 1. The van der Waals surface area contributed by atoms with Crippen molar-refractivity contribution in [2.45, 2.75) is 45.1 Å². The highest BCUT2D eigenvalue weighted by molar-refractivity contribution is 5.94. The molecule has 5 rings (SSSR count). The van der Waals surface area contributed by atoms with Crippen LogP contribution in [-0.4, -0.2) is 62.1 Å². The summed E-state index contributed by atoms with van der Waals surface area (Å²) in [6, 6.07) is 7.78. The van der Waals surface area contributed by atoms with E-state index in [4.69, 9.17) is 0 Å². The Morgan fingerprint density at radius 2 is 1.97 bits per heavy atom. The standard InChI is InChI=1S/C27H30FN7O/c1-17(2)22-15-31-35-10-7-18(11-24(22)35)27-23(28)16-30-25(32-27)12-19-5-6-21(14-29-19)34-9-8-20(33(3)4)13-26(34)36/h5-7,10-11,14-17,20H,8-9,12-13H2,1-4H3. The fourth-order valence-corrected chi connectivity index (χ4v) is 4.66. The summed E-state index contributed by atoms with van der Waals surface area (Å²) in [5.74, 6) is 0.410. The van der Waals surface area contributed by atoms with E-state index in [1.165, 1.54) is 6.20 Å². The third-order valence-corrected chi connectivity index (χ3v) is 6.83. The first kappa shape index (κ1) is 24.0. The van der Waals surface area contributed by atoms with Crippen LogP contribution in [0.25, 0.3) is 16.8 Å². The highest BCUT2D eigenvalue weighted by Crippen LogP contribution is 2.27. The topological polar surface area (TPSA) is 79.5 Å². The molecule has 4 aromatic rings. The van der Waals surface area contributed by atoms with Gasteiger partial charge in [-0.2, -0.15) is 5.10 Å². The van der Waals surface area contributed by atoms with Crippen LogP contribution in [0.1, 0.15) is 49.7 Å². The number of amides is 1. The van der Waals surface area contributed by atoms with E-state index in [1.54, 1.807) is 15.6 Å². The molecule has 5 heterocycles. The molecule has 186 valence electrons. The molecule has 4 aromatic heterocycles. The zero-order chi connectivity index (χ0) is 25.4. The molecule has 1 aliphatic rings. The van der Waals surface area contributed by atoms with Crippen molar-refractivity contribution in [2.24, 2.45) is 0 Å². The summed E-state index contributed by atoms with van der Waals surface area (Å²) in [4.78, 5) is 29.8. The number of fused-ring (bicyclic) bond motifs is 1. The van der Waals surface area contributed by atoms with Crippen molar-refractivity contribution in [2.75, 3.05) is 25.5 Å². The molecule has 0 saturated carbocycles. The largest absolute Gasteiger partial charge is 0.311 e. The Hall–Kier alpha value is -3.72. The quantitative estimate of drug-likeness (QED) is 0.408. The van der Waals surface area contributed by atoms with Gasteiger partial charge in [0, 0.05) is 42.0 Å². The Bertz CT molecular complexity index is 1400. The molecule has 0 spiro atoms. The van der Waals surface area contributed by atoms with Gasteiger partial charge >= 0.3 is 0 Å². The lowest BCUT2D eigenvalue weighted by Gasteiger charge is -2.34. The van der Waals surface area contributed by atoms with Crippen LogP contribution in [0.15, 0.2) is 49.1 Å². The van der Waals surface area contributed by atoms with Gasteiger partial charge in [-0.15, -0.1) is 0 Å². The summed E-state index contributed by atoms with van der Waals surface area (Å²) < 4.78 is 16.5. The van der Waals surface area contributed by atoms with Crippen LogP contribution in [0.5, 0.6) is 0 Å². The maximum Gasteiger partial charge on any atom is 0.228 e. The van der Waals surface area contributed by atoms with Gasteiger partial charge in [-0.25, -0.2) is 18.9 Å². The van der Waals surface area contributed by atoms with Gasteiger partial charge in [-0.3, -0.25) is 9.78 Å². The van der Waals surface area contributed by atoms with Gasteiger partial charge in [-0.1, -0.05) is 13.8 Å². The van der Waals surface area contributed by atoms with Gasteiger partial charge in [0.05, 0.1) is 36.2 Å². The molecule has 0 bridgehead atoms. The number of hydrogen-bond donors (Lipinski definition) is 0. The highest BCUT2D eigenvalue weighted by atomic mass is 19.1. The highest BCUT2D eigenvalue weighted by Gasteiger charge is 2.28. The van der Waals surface area contributed by atoms with Gasteiger partial charge in [-0.05, 0) is 50.7 Å². The molecule has 8 nitrogen and oxygen atoms in total. The van der Waals surface area contributed by atoms with E-state index >= 15 is 0 Å². The lowest BCUT2D eigenvalue weighted by Crippen LogP contribution is -2.45. The van der Waals surface area contributed by atoms with E-state index in [9.17, 15) is 9.18 Å². The normalized spacial score (nSPS) is 16.5. The number of halogens is 1. The number of pyridine rings is 2. The maximum atomic E-state index is 14.7. The number of nitrogens with zero attached hydrogens (tertiary/aromatic N) is 7. The fourth-order valence-electron chi connectivity index (χ4n) is 4.66. The zero-order valence-corrected chi connectivity index (χ0v) is 21.0. The van der Waals surface area contributed by atoms with Crippen molar-refractivity contribution in [3.63, 3.8) is 0 Å². The first-order chi connectivity index (χ1) is 17.3. The number of anilines is 1. The Morgan fingerprint density at radius 1 is 1.14 bits per heavy atom. The average molecular weight is 488 g/mol. The molecular formula is C27H30FN7O. The van der Waals surface area contributed by atoms with E-state index in [1.807, 2.05) is 50.8 Å². The number of carbonyl (C=O) groups excluding carboxylic acids is 1. The summed E-state index contributed by atoms with van der Waals surface area (Å²) in [6.45, 7) is 4.88. The summed E-state index contributed by atoms with van der Waals surface area (Å²) in [5, 5.41) is 4.38. The first-order valence-electron chi connectivity index (χ1n) is 12.2. The van der Waals surface area contributed by atoms with Crippen LogP contribution >= 0.6 is 0 Å². The molecule has 1 fully saturated rings. The van der Waals surface area contributed by atoms with Crippen LogP contribution in [0, 0.1) is 5.82 Å². The van der Waals surface area contributed by atoms with Gasteiger partial charge in [0.25, 0.3) is 0 Å². The monoisotopic (exact) mass is 487 g/mol. The van der Waals surface area contributed by atoms with Gasteiger partial charge in [0.1, 0.15) is 11.5 Å². The Kier molecular flexibility index (Phi) is 6.49. The molecule has 0 aromatic carbocycles. The molecule has 0 radical (unpaired) electrons. The third-order valence-electron chi connectivity index (χ3n) is 6.83. The minimum Gasteiger partial charge on any atom is -0.311 e. The van der Waals surface area contributed by atoms with Crippen LogP contribution in [0.3, 0.4) is 0 Å². The van der Waals surface area contributed by atoms with Crippen molar-refractivity contribution < 1.29 is 9.18 Å². The number of hydrogen-bond acceptors (Lipinski definition) is 6. The minimum absolute atomic E-state index is 0.108. The van der Waals surface area contributed by atoms with Crippen molar-refractivity contribution >= 4 is 17.1 Å². The van der Waals surface area contributed by atoms with Crippen molar-refractivity contribution in [1.82, 2.24) is 29.5 Å². The van der Waals surface area contributed by atoms with Crippen LogP contribution in [0.4, 0.5) is 10.1 Å². The van der Waals surface area contributed by atoms with E-state index in [0.717, 1.165) is 28.9 Å². The first-order valence-corrected chi connectivity index (χ1v) is 12.2. The molecule has 0 N–H and O–H groups in total. The summed E-state index contributed by atoms with van der Waals surface area (Å²) in [6.07, 6.45) is 8.38. The third kappa shape index (κ3) is 4.70. The van der Waals surface area contributed by atoms with E-state index in [2.05, 4.69) is 38.8 Å². The van der Waals surface area contributed by atoms with E-state index < -0.39 is 5.82 Å². The van der Waals surface area contributed by atoms with Crippen LogP contribution in [0.2, 0.25) is 0 Å². The second kappa shape index (κ2) is 9.73. The molecular weight excluding hydrogens is 457 g/mol. The van der Waals surface area contributed by atoms with Crippen molar-refractivity contribution in [3.05, 3.63) is 72.0 Å². The molecule has 1 atom stereocenters. The molecule has 1 unspecified atom stereocenters. The minimum atomic E-state index is -0.475. The van der Waals surface area contributed by atoms with Crippen LogP contribution in [-0.2, 0) is 11.2 Å². The lowest BCUT2D eigenvalue weighted by atomic mass is 10.0. The number of rotatable bonds is 6. The number of aromatic nitrogens is 5. The zero-order valence-electron chi connectivity index (χ0n) is 21.0. The SMILES string of the molecule is CC(C)c1cnn2ccc(-c3nc(Cc4ccc(N5CCC(N(C)C)CC5=O)cn4)ncc3F)cc12. The van der Waals surface area contributed by atoms with E-state index in [-0.39, 0.29) is 17.6 Å². The molecule has 9 heteroatoms. The molecule has 1 aliphatic heterocycles. The Labute approximate surface area is 209 Å². The Balaban J connectivity index is 1.35. The predicted octanol–water partition coefficient (Wildman–Crippen LogP) is 4.10. The fraction of sp³-hybridized carbons (Fsp3) is 0.370. The average Bonchev–Trinajstić information content (AvgIpc) is 3.29. The van der Waals surface area contributed by atoms with Gasteiger partial charge in [0.2, 0.25) is 5.91 Å². The summed E-state index contributed by atoms with van der Waals surface area (Å²) in [5.41, 5.74) is 4.50. The molecule has 1 saturated heterocycles. The molecule has 1 amide bonds. The predicted molar refractivity (Wildman–Crippen MR) is 136 cm³/mol. The summed E-state index contributed by atoms with van der Waals surface area (Å²) >= 11 is 0. The Morgan fingerprint density at radius 3 is 2.67 bits per heavy atom. The van der Waals surface area contributed by atoms with Gasteiger partial charge in [0.15, 0.2) is 5.82 Å². The summed E-state index contributed by atoms with van der Waals surface area (Å²) in [7, 11) is 4.01.